The summed E-state index contributed by atoms with van der Waals surface area (Å²) in [5, 5.41) is 14.0. The molecule has 1 aliphatic heterocycles. The van der Waals surface area contributed by atoms with E-state index in [0.717, 1.165) is 22.7 Å². The normalized spacial score (nSPS) is 13.4. The van der Waals surface area contributed by atoms with Crippen LogP contribution >= 0.6 is 0 Å². The molecule has 0 unspecified atom stereocenters. The molecule has 0 bridgehead atoms. The molecule has 0 fully saturated rings. The van der Waals surface area contributed by atoms with Gasteiger partial charge in [0.2, 0.25) is 5.91 Å². The molecule has 2 amide bonds. The number of nitrogens with zero attached hydrogens (tertiary/aromatic N) is 3. The molecule has 25 heavy (non-hydrogen) atoms. The van der Waals surface area contributed by atoms with Crippen molar-refractivity contribution in [2.75, 3.05) is 11.9 Å². The van der Waals surface area contributed by atoms with Gasteiger partial charge in [0, 0.05) is 36.8 Å². The smallest absolute Gasteiger partial charge is 0.251 e. The van der Waals surface area contributed by atoms with E-state index in [1.54, 1.807) is 12.1 Å². The number of pyridine rings is 1. The van der Waals surface area contributed by atoms with Gasteiger partial charge < -0.3 is 10.6 Å². The Bertz CT molecular complexity index is 963. The summed E-state index contributed by atoms with van der Waals surface area (Å²) in [4.78, 5) is 23.7. The highest BCUT2D eigenvalue weighted by Crippen LogP contribution is 2.23. The van der Waals surface area contributed by atoms with Crippen molar-refractivity contribution < 1.29 is 9.59 Å². The second-order valence-corrected chi connectivity index (χ2v) is 5.97. The predicted octanol–water partition coefficient (Wildman–Crippen LogP) is 1.59. The van der Waals surface area contributed by atoms with Gasteiger partial charge in [-0.15, -0.1) is 10.2 Å². The zero-order valence-electron chi connectivity index (χ0n) is 13.5. The van der Waals surface area contributed by atoms with Crippen LogP contribution in [-0.4, -0.2) is 33.0 Å². The summed E-state index contributed by atoms with van der Waals surface area (Å²) in [5.74, 6) is 0.697. The van der Waals surface area contributed by atoms with E-state index in [9.17, 15) is 9.59 Å². The summed E-state index contributed by atoms with van der Waals surface area (Å²) in [5.41, 5.74) is 3.18. The first-order valence-electron chi connectivity index (χ1n) is 8.20. The third-order valence-electron chi connectivity index (χ3n) is 4.28. The van der Waals surface area contributed by atoms with Gasteiger partial charge in [-0.3, -0.25) is 14.0 Å². The summed E-state index contributed by atoms with van der Waals surface area (Å²) in [6, 6.07) is 11.1. The van der Waals surface area contributed by atoms with Crippen molar-refractivity contribution in [1.29, 1.82) is 0 Å². The molecule has 0 saturated carbocycles. The van der Waals surface area contributed by atoms with E-state index in [0.29, 0.717) is 31.4 Å². The van der Waals surface area contributed by atoms with Crippen molar-refractivity contribution in [3.63, 3.8) is 0 Å². The van der Waals surface area contributed by atoms with Crippen LogP contribution < -0.4 is 10.6 Å². The van der Waals surface area contributed by atoms with Crippen LogP contribution in [0.25, 0.3) is 5.65 Å². The van der Waals surface area contributed by atoms with Gasteiger partial charge in [-0.1, -0.05) is 6.07 Å². The number of hydrogen-bond donors (Lipinski definition) is 2. The average Bonchev–Trinajstić information content (AvgIpc) is 3.04. The second-order valence-electron chi connectivity index (χ2n) is 5.97. The summed E-state index contributed by atoms with van der Waals surface area (Å²) in [7, 11) is 0. The first kappa shape index (κ1) is 15.3. The lowest BCUT2D eigenvalue weighted by atomic mass is 10.00. The maximum absolute atomic E-state index is 12.3. The van der Waals surface area contributed by atoms with Crippen LogP contribution in [0, 0.1) is 0 Å². The van der Waals surface area contributed by atoms with Crippen molar-refractivity contribution in [1.82, 2.24) is 19.9 Å². The Labute approximate surface area is 144 Å². The van der Waals surface area contributed by atoms with E-state index < -0.39 is 0 Å². The molecular weight excluding hydrogens is 318 g/mol. The number of aryl methyl sites for hydroxylation is 1. The number of fused-ring (bicyclic) bond motifs is 2. The second kappa shape index (κ2) is 6.35. The maximum Gasteiger partial charge on any atom is 0.251 e. The molecule has 4 rings (SSSR count). The van der Waals surface area contributed by atoms with Gasteiger partial charge in [0.1, 0.15) is 5.82 Å². The quantitative estimate of drug-likeness (QED) is 0.758. The van der Waals surface area contributed by atoms with E-state index in [1.165, 1.54) is 0 Å². The van der Waals surface area contributed by atoms with Crippen LogP contribution in [0.1, 0.15) is 28.2 Å². The molecule has 3 heterocycles. The van der Waals surface area contributed by atoms with Crippen LogP contribution in [-0.2, 0) is 17.6 Å². The van der Waals surface area contributed by atoms with Crippen LogP contribution in [0.15, 0.2) is 42.6 Å². The topological polar surface area (TPSA) is 88.4 Å². The standard InChI is InChI=1S/C18H17N5O2/c24-17-7-5-12-11-13(4-6-14(12)20-17)18(25)19-9-8-16-22-21-15-3-1-2-10-23(15)16/h1-4,6,10-11H,5,7-9H2,(H,19,25)(H,20,24). The molecule has 2 N–H and O–H groups in total. The molecule has 0 saturated heterocycles. The number of anilines is 1. The number of carbonyl (C=O) groups is 2. The first-order chi connectivity index (χ1) is 12.2. The minimum Gasteiger partial charge on any atom is -0.352 e. The van der Waals surface area contributed by atoms with Crippen molar-refractivity contribution >= 4 is 23.1 Å². The molecule has 0 atom stereocenters. The fourth-order valence-corrected chi connectivity index (χ4v) is 2.98. The Balaban J connectivity index is 1.40. The van der Waals surface area contributed by atoms with Crippen molar-refractivity contribution in [3.05, 3.63) is 59.5 Å². The van der Waals surface area contributed by atoms with E-state index in [1.807, 2.05) is 34.9 Å². The van der Waals surface area contributed by atoms with Gasteiger partial charge >= 0.3 is 0 Å². The molecule has 1 aliphatic rings. The minimum atomic E-state index is -0.131. The molecule has 7 nitrogen and oxygen atoms in total. The minimum absolute atomic E-state index is 0.0187. The summed E-state index contributed by atoms with van der Waals surface area (Å²) >= 11 is 0. The number of amides is 2. The lowest BCUT2D eigenvalue weighted by Crippen LogP contribution is -2.27. The number of carbonyl (C=O) groups excluding carboxylic acids is 2. The van der Waals surface area contributed by atoms with Gasteiger partial charge in [0.05, 0.1) is 0 Å². The van der Waals surface area contributed by atoms with Gasteiger partial charge in [-0.25, -0.2) is 0 Å². The van der Waals surface area contributed by atoms with Gasteiger partial charge in [0.25, 0.3) is 5.91 Å². The highest BCUT2D eigenvalue weighted by Gasteiger charge is 2.16. The highest BCUT2D eigenvalue weighted by atomic mass is 16.2. The summed E-state index contributed by atoms with van der Waals surface area (Å²) < 4.78 is 1.91. The molecule has 2 aromatic heterocycles. The molecule has 0 radical (unpaired) electrons. The first-order valence-corrected chi connectivity index (χ1v) is 8.20. The van der Waals surface area contributed by atoms with Gasteiger partial charge in [0.15, 0.2) is 5.65 Å². The molecule has 1 aromatic carbocycles. The molecular formula is C18H17N5O2. The van der Waals surface area contributed by atoms with E-state index in [4.69, 9.17) is 0 Å². The number of rotatable bonds is 4. The zero-order valence-corrected chi connectivity index (χ0v) is 13.5. The average molecular weight is 335 g/mol. The van der Waals surface area contributed by atoms with E-state index in [-0.39, 0.29) is 11.8 Å². The number of benzene rings is 1. The molecule has 7 heteroatoms. The molecule has 126 valence electrons. The van der Waals surface area contributed by atoms with Crippen LogP contribution in [0.2, 0.25) is 0 Å². The Hall–Kier alpha value is -3.22. The summed E-state index contributed by atoms with van der Waals surface area (Å²) in [6.07, 6.45) is 3.62. The van der Waals surface area contributed by atoms with Crippen molar-refractivity contribution in [2.24, 2.45) is 0 Å². The molecule has 3 aromatic rings. The van der Waals surface area contributed by atoms with Gasteiger partial charge in [-0.2, -0.15) is 0 Å². The van der Waals surface area contributed by atoms with Crippen molar-refractivity contribution in [2.45, 2.75) is 19.3 Å². The van der Waals surface area contributed by atoms with E-state index in [2.05, 4.69) is 20.8 Å². The zero-order chi connectivity index (χ0) is 17.2. The number of nitrogens with one attached hydrogen (secondary N) is 2. The lowest BCUT2D eigenvalue weighted by molar-refractivity contribution is -0.116. The SMILES string of the molecule is O=C1CCc2cc(C(=O)NCCc3nnc4ccccn34)ccc2N1. The number of hydrogen-bond acceptors (Lipinski definition) is 4. The molecule has 0 spiro atoms. The fourth-order valence-electron chi connectivity index (χ4n) is 2.98. The number of aromatic nitrogens is 3. The Morgan fingerprint density at radius 1 is 1.20 bits per heavy atom. The maximum atomic E-state index is 12.3. The van der Waals surface area contributed by atoms with Gasteiger partial charge in [-0.05, 0) is 42.3 Å². The Morgan fingerprint density at radius 3 is 3.04 bits per heavy atom. The Morgan fingerprint density at radius 2 is 2.12 bits per heavy atom. The highest BCUT2D eigenvalue weighted by molar-refractivity contribution is 5.97. The largest absolute Gasteiger partial charge is 0.352 e. The monoisotopic (exact) mass is 335 g/mol. The van der Waals surface area contributed by atoms with Crippen LogP contribution in [0.4, 0.5) is 5.69 Å². The van der Waals surface area contributed by atoms with Crippen LogP contribution in [0.5, 0.6) is 0 Å². The fraction of sp³-hybridized carbons (Fsp3) is 0.222. The van der Waals surface area contributed by atoms with Crippen molar-refractivity contribution in [3.8, 4) is 0 Å². The van der Waals surface area contributed by atoms with Crippen LogP contribution in [0.3, 0.4) is 0 Å². The van der Waals surface area contributed by atoms with E-state index >= 15 is 0 Å². The Kier molecular flexibility index (Phi) is 3.89. The lowest BCUT2D eigenvalue weighted by Gasteiger charge is -2.17. The predicted molar refractivity (Wildman–Crippen MR) is 92.4 cm³/mol. The summed E-state index contributed by atoms with van der Waals surface area (Å²) in [6.45, 7) is 0.475. The molecule has 0 aliphatic carbocycles. The third-order valence-corrected chi connectivity index (χ3v) is 4.28. The third kappa shape index (κ3) is 3.08.